The summed E-state index contributed by atoms with van der Waals surface area (Å²) in [4.78, 5) is 4.89. The number of aryl methyl sites for hydroxylation is 1. The normalized spacial score (nSPS) is 13.5. The van der Waals surface area contributed by atoms with Crippen molar-refractivity contribution in [3.8, 4) is 22.3 Å². The van der Waals surface area contributed by atoms with Crippen molar-refractivity contribution in [2.75, 3.05) is 9.80 Å². The summed E-state index contributed by atoms with van der Waals surface area (Å²) in [6.45, 7) is 22.8. The number of nitrogens with zero attached hydrogens (tertiary/aromatic N) is 2. The maximum atomic E-state index is 7.37. The number of rotatable bonds is 6. The lowest BCUT2D eigenvalue weighted by Gasteiger charge is -2.33. The van der Waals surface area contributed by atoms with E-state index in [9.17, 15) is 0 Å². The molecular formula is C76H66N2O. The van der Waals surface area contributed by atoms with E-state index in [4.69, 9.17) is 4.42 Å². The van der Waals surface area contributed by atoms with Gasteiger partial charge in [-0.15, -0.1) is 0 Å². The molecule has 0 N–H and O–H groups in total. The maximum absolute atomic E-state index is 7.37. The van der Waals surface area contributed by atoms with Gasteiger partial charge in [-0.05, 0) is 179 Å². The molecule has 79 heavy (non-hydrogen) atoms. The maximum Gasteiger partial charge on any atom is 0.160 e. The van der Waals surface area contributed by atoms with Crippen LogP contribution >= 0.6 is 0 Å². The molecule has 0 radical (unpaired) electrons. The third-order valence-electron chi connectivity index (χ3n) is 17.4. The first-order valence-electron chi connectivity index (χ1n) is 28.2. The van der Waals surface area contributed by atoms with Crippen molar-refractivity contribution in [2.45, 2.75) is 90.9 Å². The molecule has 14 rings (SSSR count). The number of hydrogen-bond acceptors (Lipinski definition) is 3. The van der Waals surface area contributed by atoms with Gasteiger partial charge in [0.25, 0.3) is 0 Å². The largest absolute Gasteiger partial charge is 0.454 e. The van der Waals surface area contributed by atoms with Gasteiger partial charge in [0.1, 0.15) is 5.58 Å². The molecule has 0 bridgehead atoms. The van der Waals surface area contributed by atoms with Crippen LogP contribution in [-0.2, 0) is 21.7 Å². The summed E-state index contributed by atoms with van der Waals surface area (Å²) in [6, 6.07) is 82.8. The zero-order valence-electron chi connectivity index (χ0n) is 47.1. The van der Waals surface area contributed by atoms with E-state index in [1.54, 1.807) is 0 Å². The molecule has 2 aliphatic carbocycles. The summed E-state index contributed by atoms with van der Waals surface area (Å²) in [5, 5.41) is 7.15. The van der Waals surface area contributed by atoms with Gasteiger partial charge in [0.2, 0.25) is 0 Å². The molecule has 0 saturated carbocycles. The Morgan fingerprint density at radius 1 is 0.354 bits per heavy atom. The SMILES string of the molecule is Cc1ccc(N(c2ccc(C(C)(C)C)cc2)c2cc3c(c4c2oc2ccccc24)-c2c(c4ccc(N(c5ccc(C(C)(C)C)cc5)c5ccc(C(C)(C)C)cc5)cc4c4ccccc24)C32c3ccccc3-c3ccccc32)cc1. The van der Waals surface area contributed by atoms with Crippen molar-refractivity contribution in [3.05, 3.63) is 263 Å². The van der Waals surface area contributed by atoms with Crippen LogP contribution in [0.1, 0.15) is 107 Å². The van der Waals surface area contributed by atoms with Crippen LogP contribution in [-0.4, -0.2) is 0 Å². The number of furan rings is 1. The van der Waals surface area contributed by atoms with E-state index in [2.05, 4.69) is 297 Å². The predicted octanol–water partition coefficient (Wildman–Crippen LogP) is 21.4. The van der Waals surface area contributed by atoms with Gasteiger partial charge in [0, 0.05) is 39.2 Å². The lowest BCUT2D eigenvalue weighted by Crippen LogP contribution is -2.26. The van der Waals surface area contributed by atoms with Gasteiger partial charge >= 0.3 is 0 Å². The first kappa shape index (κ1) is 48.7. The molecule has 1 heterocycles. The fourth-order valence-corrected chi connectivity index (χ4v) is 13.4. The minimum absolute atomic E-state index is 0.00575. The van der Waals surface area contributed by atoms with Crippen LogP contribution in [0.3, 0.4) is 0 Å². The second-order valence-corrected chi connectivity index (χ2v) is 25.4. The molecule has 3 nitrogen and oxygen atoms in total. The third-order valence-corrected chi connectivity index (χ3v) is 17.4. The number of fused-ring (bicyclic) bond motifs is 19. The average Bonchev–Trinajstić information content (AvgIpc) is 2.87. The van der Waals surface area contributed by atoms with Crippen molar-refractivity contribution >= 4 is 77.6 Å². The van der Waals surface area contributed by atoms with Crippen LogP contribution in [0.4, 0.5) is 34.1 Å². The smallest absolute Gasteiger partial charge is 0.160 e. The van der Waals surface area contributed by atoms with Crippen LogP contribution in [0.15, 0.2) is 223 Å². The third kappa shape index (κ3) is 7.39. The summed E-state index contributed by atoms with van der Waals surface area (Å²) in [5.41, 5.74) is 22.9. The molecule has 0 amide bonds. The molecule has 0 saturated heterocycles. The van der Waals surface area contributed by atoms with Crippen LogP contribution in [0.5, 0.6) is 0 Å². The number of anilines is 6. The Hall–Kier alpha value is -8.66. The standard InChI is InChI=1S/C76H66N2O/c1-47-27-35-53(36-28-47)78(54-41-33-50(34-42-54)75(8,9)10)66-46-65-70(69-61-23-15-18-26-67(61)79-72(66)69)68-59-22-12-11-19-56(59)62-45-55(43-44-60(62)71(68)76(65)63-24-16-13-20-57(63)58-21-14-17-25-64(58)76)77(51-37-29-48(30-38-51)73(2,3)4)52-39-31-49(32-40-52)74(5,6)7/h11-46H,1-10H3. The highest BCUT2D eigenvalue weighted by Gasteiger charge is 2.54. The van der Waals surface area contributed by atoms with E-state index in [1.165, 1.54) is 88.3 Å². The molecule has 11 aromatic carbocycles. The van der Waals surface area contributed by atoms with E-state index < -0.39 is 5.41 Å². The molecular weight excluding hydrogens is 957 g/mol. The van der Waals surface area contributed by atoms with Crippen LogP contribution in [0.2, 0.25) is 0 Å². The van der Waals surface area contributed by atoms with Gasteiger partial charge in [-0.1, -0.05) is 213 Å². The lowest BCUT2D eigenvalue weighted by molar-refractivity contribution is 0.590. The van der Waals surface area contributed by atoms with Gasteiger partial charge in [-0.3, -0.25) is 0 Å². The Kier molecular flexibility index (Phi) is 10.7. The topological polar surface area (TPSA) is 19.6 Å². The summed E-state index contributed by atoms with van der Waals surface area (Å²) < 4.78 is 7.37. The quantitative estimate of drug-likeness (QED) is 0.155. The Balaban J connectivity index is 1.12. The van der Waals surface area contributed by atoms with Crippen molar-refractivity contribution in [1.82, 2.24) is 0 Å². The first-order valence-corrected chi connectivity index (χ1v) is 28.2. The van der Waals surface area contributed by atoms with Gasteiger partial charge in [-0.2, -0.15) is 0 Å². The van der Waals surface area contributed by atoms with Crippen molar-refractivity contribution < 1.29 is 4.42 Å². The Morgan fingerprint density at radius 2 is 0.797 bits per heavy atom. The molecule has 386 valence electrons. The Morgan fingerprint density at radius 3 is 1.33 bits per heavy atom. The van der Waals surface area contributed by atoms with Gasteiger partial charge in [0.05, 0.1) is 11.1 Å². The first-order chi connectivity index (χ1) is 38.0. The summed E-state index contributed by atoms with van der Waals surface area (Å²) in [7, 11) is 0. The van der Waals surface area contributed by atoms with Gasteiger partial charge in [0.15, 0.2) is 5.58 Å². The molecule has 0 fully saturated rings. The van der Waals surface area contributed by atoms with Crippen molar-refractivity contribution in [2.24, 2.45) is 0 Å². The van der Waals surface area contributed by atoms with Crippen molar-refractivity contribution in [3.63, 3.8) is 0 Å². The second-order valence-electron chi connectivity index (χ2n) is 25.4. The van der Waals surface area contributed by atoms with E-state index in [-0.39, 0.29) is 16.2 Å². The van der Waals surface area contributed by atoms with Crippen molar-refractivity contribution in [1.29, 1.82) is 0 Å². The van der Waals surface area contributed by atoms with E-state index in [0.29, 0.717) is 0 Å². The molecule has 12 aromatic rings. The monoisotopic (exact) mass is 1020 g/mol. The highest BCUT2D eigenvalue weighted by atomic mass is 16.3. The molecule has 3 heteroatoms. The molecule has 1 aromatic heterocycles. The molecule has 0 aliphatic heterocycles. The zero-order valence-corrected chi connectivity index (χ0v) is 47.1. The van der Waals surface area contributed by atoms with Crippen LogP contribution in [0.25, 0.3) is 65.7 Å². The summed E-state index contributed by atoms with van der Waals surface area (Å²) in [6.07, 6.45) is 0. The fourth-order valence-electron chi connectivity index (χ4n) is 13.4. The molecule has 2 aliphatic rings. The van der Waals surface area contributed by atoms with Crippen LogP contribution < -0.4 is 9.80 Å². The number of hydrogen-bond donors (Lipinski definition) is 0. The van der Waals surface area contributed by atoms with E-state index >= 15 is 0 Å². The minimum Gasteiger partial charge on any atom is -0.454 e. The lowest BCUT2D eigenvalue weighted by atomic mass is 9.69. The number of para-hydroxylation sites is 1. The van der Waals surface area contributed by atoms with Gasteiger partial charge in [-0.25, -0.2) is 0 Å². The second kappa shape index (κ2) is 17.4. The number of benzene rings is 11. The average molecular weight is 1020 g/mol. The van der Waals surface area contributed by atoms with Crippen LogP contribution in [0, 0.1) is 6.92 Å². The zero-order chi connectivity index (χ0) is 54.3. The fraction of sp³-hybridized carbons (Fsp3) is 0.184. The van der Waals surface area contributed by atoms with E-state index in [1.807, 2.05) is 0 Å². The Labute approximate surface area is 465 Å². The predicted molar refractivity (Wildman–Crippen MR) is 335 cm³/mol. The summed E-state index contributed by atoms with van der Waals surface area (Å²) >= 11 is 0. The molecule has 0 atom stereocenters. The minimum atomic E-state index is -0.719. The highest BCUT2D eigenvalue weighted by molar-refractivity contribution is 6.27. The van der Waals surface area contributed by atoms with E-state index in [0.717, 1.165) is 56.1 Å². The summed E-state index contributed by atoms with van der Waals surface area (Å²) in [5.74, 6) is 0. The molecule has 1 spiro atoms. The van der Waals surface area contributed by atoms with Gasteiger partial charge < -0.3 is 14.2 Å². The Bertz CT molecular complexity index is 4300. The highest BCUT2D eigenvalue weighted by Crippen LogP contribution is 2.68. The molecule has 0 unspecified atom stereocenters.